The number of halogens is 1. The zero-order chi connectivity index (χ0) is 23.7. The van der Waals surface area contributed by atoms with E-state index in [9.17, 15) is 14.7 Å². The molecule has 1 aliphatic rings. The zero-order valence-corrected chi connectivity index (χ0v) is 19.8. The molecule has 2 aromatic carbocycles. The number of hydrogen-bond acceptors (Lipinski definition) is 5. The number of aliphatic imine (C=N–C) groups is 1. The number of carboxylic acid groups (broad SMARTS) is 1. The average Bonchev–Trinajstić information content (AvgIpc) is 3.35. The molecular formula is C25H21ClN2O4S. The van der Waals surface area contributed by atoms with Gasteiger partial charge >= 0.3 is 5.97 Å². The molecule has 33 heavy (non-hydrogen) atoms. The third-order valence-electron chi connectivity index (χ3n) is 4.99. The van der Waals surface area contributed by atoms with E-state index in [0.29, 0.717) is 27.2 Å². The Hall–Kier alpha value is -3.29. The quantitative estimate of drug-likeness (QED) is 0.415. The molecule has 1 aliphatic heterocycles. The SMILES string of the molecule is Cc1ccc(N=C2S/C(=C/c3ccc(-c4ccc(Cl)c(C(=O)O)c4)o3)C(=O)N2C(C)C)cc1. The van der Waals surface area contributed by atoms with E-state index < -0.39 is 5.97 Å². The molecule has 0 radical (unpaired) electrons. The Morgan fingerprint density at radius 2 is 1.88 bits per heavy atom. The molecule has 4 rings (SSSR count). The summed E-state index contributed by atoms with van der Waals surface area (Å²) in [4.78, 5) is 31.3. The van der Waals surface area contributed by atoms with E-state index in [1.165, 1.54) is 23.9 Å². The molecule has 0 unspecified atom stereocenters. The Balaban J connectivity index is 1.64. The maximum atomic E-state index is 13.1. The topological polar surface area (TPSA) is 83.1 Å². The van der Waals surface area contributed by atoms with Crippen molar-refractivity contribution in [2.24, 2.45) is 4.99 Å². The number of rotatable bonds is 5. The van der Waals surface area contributed by atoms with E-state index in [2.05, 4.69) is 4.99 Å². The van der Waals surface area contributed by atoms with Gasteiger partial charge in [-0.3, -0.25) is 9.69 Å². The fraction of sp³-hybridized carbons (Fsp3) is 0.160. The van der Waals surface area contributed by atoms with E-state index in [1.807, 2.05) is 45.0 Å². The monoisotopic (exact) mass is 480 g/mol. The van der Waals surface area contributed by atoms with Crippen LogP contribution in [0, 0.1) is 6.92 Å². The van der Waals surface area contributed by atoms with Gasteiger partial charge in [0.2, 0.25) is 0 Å². The number of amides is 1. The van der Waals surface area contributed by atoms with Crippen LogP contribution in [0.2, 0.25) is 5.02 Å². The van der Waals surface area contributed by atoms with E-state index in [4.69, 9.17) is 16.0 Å². The third-order valence-corrected chi connectivity index (χ3v) is 6.31. The van der Waals surface area contributed by atoms with Crippen LogP contribution in [0.5, 0.6) is 0 Å². The van der Waals surface area contributed by atoms with Crippen molar-refractivity contribution in [3.8, 4) is 11.3 Å². The predicted molar refractivity (Wildman–Crippen MR) is 132 cm³/mol. The molecule has 0 atom stereocenters. The van der Waals surface area contributed by atoms with Gasteiger partial charge in [0.15, 0.2) is 5.17 Å². The minimum atomic E-state index is -1.11. The fourth-order valence-corrected chi connectivity index (χ4v) is 4.61. The molecule has 1 amide bonds. The molecule has 0 bridgehead atoms. The average molecular weight is 481 g/mol. The molecule has 6 nitrogen and oxygen atoms in total. The second-order valence-corrected chi connectivity index (χ2v) is 9.23. The summed E-state index contributed by atoms with van der Waals surface area (Å²) in [5.41, 5.74) is 2.49. The maximum Gasteiger partial charge on any atom is 0.337 e. The van der Waals surface area contributed by atoms with Crippen LogP contribution >= 0.6 is 23.4 Å². The van der Waals surface area contributed by atoms with Gasteiger partial charge in [-0.2, -0.15) is 0 Å². The summed E-state index contributed by atoms with van der Waals surface area (Å²) in [5, 5.41) is 10.1. The molecular weight excluding hydrogens is 460 g/mol. The predicted octanol–water partition coefficient (Wildman–Crippen LogP) is 6.62. The Morgan fingerprint density at radius 3 is 2.55 bits per heavy atom. The Morgan fingerprint density at radius 1 is 1.15 bits per heavy atom. The lowest BCUT2D eigenvalue weighted by Crippen LogP contribution is -2.35. The van der Waals surface area contributed by atoms with Gasteiger partial charge in [0.25, 0.3) is 5.91 Å². The van der Waals surface area contributed by atoms with Gasteiger partial charge in [0.05, 0.1) is 21.2 Å². The number of hydrogen-bond donors (Lipinski definition) is 1. The number of carboxylic acids is 1. The number of carbonyl (C=O) groups excluding carboxylic acids is 1. The molecule has 8 heteroatoms. The summed E-state index contributed by atoms with van der Waals surface area (Å²) in [7, 11) is 0. The van der Waals surface area contributed by atoms with Crippen molar-refractivity contribution in [2.75, 3.05) is 0 Å². The molecule has 1 aromatic heterocycles. The summed E-state index contributed by atoms with van der Waals surface area (Å²) in [6.45, 7) is 5.89. The molecule has 0 saturated carbocycles. The summed E-state index contributed by atoms with van der Waals surface area (Å²) >= 11 is 7.25. The first-order chi connectivity index (χ1) is 15.7. The van der Waals surface area contributed by atoms with Crippen molar-refractivity contribution < 1.29 is 19.1 Å². The maximum absolute atomic E-state index is 13.1. The highest BCUT2D eigenvalue weighted by Crippen LogP contribution is 2.36. The molecule has 168 valence electrons. The summed E-state index contributed by atoms with van der Waals surface area (Å²) in [5.74, 6) is -0.296. The molecule has 1 fully saturated rings. The van der Waals surface area contributed by atoms with E-state index in [-0.39, 0.29) is 22.5 Å². The minimum Gasteiger partial charge on any atom is -0.478 e. The summed E-state index contributed by atoms with van der Waals surface area (Å²) < 4.78 is 5.88. The van der Waals surface area contributed by atoms with E-state index in [1.54, 1.807) is 29.2 Å². The lowest BCUT2D eigenvalue weighted by Gasteiger charge is -2.19. The van der Waals surface area contributed by atoms with Gasteiger partial charge in [-0.05, 0) is 75.0 Å². The van der Waals surface area contributed by atoms with Crippen LogP contribution < -0.4 is 0 Å². The minimum absolute atomic E-state index is 0.00321. The standard InChI is InChI=1S/C25H21ClN2O4S/c1-14(2)28-23(29)22(33-25(28)27-17-7-4-15(3)5-8-17)13-18-9-11-21(32-18)16-6-10-20(26)19(12-16)24(30)31/h4-14H,1-3H3,(H,30,31)/b22-13+,27-25?. The fourth-order valence-electron chi connectivity index (χ4n) is 3.31. The van der Waals surface area contributed by atoms with Gasteiger partial charge in [-0.25, -0.2) is 9.79 Å². The number of benzene rings is 2. The molecule has 1 N–H and O–H groups in total. The second kappa shape index (κ2) is 9.29. The Kier molecular flexibility index (Phi) is 6.44. The Bertz CT molecular complexity index is 1290. The molecule has 0 aliphatic carbocycles. The summed E-state index contributed by atoms with van der Waals surface area (Å²) in [6, 6.07) is 15.9. The van der Waals surface area contributed by atoms with Crippen molar-refractivity contribution in [1.29, 1.82) is 0 Å². The zero-order valence-electron chi connectivity index (χ0n) is 18.2. The van der Waals surface area contributed by atoms with Crippen LogP contribution in [0.15, 0.2) is 68.9 Å². The van der Waals surface area contributed by atoms with Crippen LogP contribution in [0.4, 0.5) is 5.69 Å². The van der Waals surface area contributed by atoms with Crippen molar-refractivity contribution in [3.63, 3.8) is 0 Å². The normalized spacial score (nSPS) is 16.4. The van der Waals surface area contributed by atoms with Crippen LogP contribution in [0.3, 0.4) is 0 Å². The van der Waals surface area contributed by atoms with Gasteiger partial charge in [-0.1, -0.05) is 29.3 Å². The van der Waals surface area contributed by atoms with E-state index in [0.717, 1.165) is 11.3 Å². The highest BCUT2D eigenvalue weighted by molar-refractivity contribution is 8.18. The van der Waals surface area contributed by atoms with Crippen molar-refractivity contribution in [3.05, 3.63) is 81.4 Å². The van der Waals surface area contributed by atoms with E-state index >= 15 is 0 Å². The van der Waals surface area contributed by atoms with Crippen LogP contribution in [0.25, 0.3) is 17.4 Å². The number of aromatic carboxylic acids is 1. The number of nitrogens with zero attached hydrogens (tertiary/aromatic N) is 2. The van der Waals surface area contributed by atoms with Crippen molar-refractivity contribution in [1.82, 2.24) is 4.90 Å². The first kappa shape index (κ1) is 22.9. The lowest BCUT2D eigenvalue weighted by atomic mass is 10.1. The van der Waals surface area contributed by atoms with Crippen molar-refractivity contribution >= 4 is 52.2 Å². The van der Waals surface area contributed by atoms with Crippen molar-refractivity contribution in [2.45, 2.75) is 26.8 Å². The third kappa shape index (κ3) is 4.89. The second-order valence-electron chi connectivity index (χ2n) is 7.81. The highest BCUT2D eigenvalue weighted by Gasteiger charge is 2.35. The number of thioether (sulfide) groups is 1. The van der Waals surface area contributed by atoms with Crippen LogP contribution in [0.1, 0.15) is 35.5 Å². The molecule has 1 saturated heterocycles. The number of amidine groups is 1. The lowest BCUT2D eigenvalue weighted by molar-refractivity contribution is -0.123. The number of aryl methyl sites for hydroxylation is 1. The Labute approximate surface area is 200 Å². The van der Waals surface area contributed by atoms with Gasteiger partial charge in [0, 0.05) is 17.7 Å². The van der Waals surface area contributed by atoms with Gasteiger partial charge in [0.1, 0.15) is 11.5 Å². The highest BCUT2D eigenvalue weighted by atomic mass is 35.5. The molecule has 0 spiro atoms. The number of carbonyl (C=O) groups is 2. The van der Waals surface area contributed by atoms with Crippen LogP contribution in [-0.4, -0.2) is 33.1 Å². The summed E-state index contributed by atoms with van der Waals surface area (Å²) in [6.07, 6.45) is 1.68. The van der Waals surface area contributed by atoms with Gasteiger partial charge < -0.3 is 9.52 Å². The molecule has 3 aromatic rings. The van der Waals surface area contributed by atoms with Crippen LogP contribution in [-0.2, 0) is 4.79 Å². The number of furan rings is 1. The molecule has 2 heterocycles. The smallest absolute Gasteiger partial charge is 0.337 e. The van der Waals surface area contributed by atoms with Gasteiger partial charge in [-0.15, -0.1) is 0 Å². The first-order valence-corrected chi connectivity index (χ1v) is 11.4. The first-order valence-electron chi connectivity index (χ1n) is 10.2. The largest absolute Gasteiger partial charge is 0.478 e.